The molecule has 0 aliphatic heterocycles. The van der Waals surface area contributed by atoms with Crippen LogP contribution in [0.15, 0.2) is 18.3 Å². The van der Waals surface area contributed by atoms with Crippen LogP contribution >= 0.6 is 15.9 Å². The van der Waals surface area contributed by atoms with Crippen molar-refractivity contribution < 1.29 is 0 Å². The molecular formula is C16H24BrN. The second-order valence-corrected chi connectivity index (χ2v) is 6.83. The molecule has 1 unspecified atom stereocenters. The fraction of sp³-hybridized carbons (Fsp3) is 0.688. The van der Waals surface area contributed by atoms with Gasteiger partial charge in [-0.15, -0.1) is 0 Å². The number of hydrogen-bond acceptors (Lipinski definition) is 1. The molecule has 0 N–H and O–H groups in total. The number of halogens is 1. The molecule has 0 saturated heterocycles. The first-order valence-corrected chi connectivity index (χ1v) is 8.23. The summed E-state index contributed by atoms with van der Waals surface area (Å²) in [5.41, 5.74) is 2.47. The summed E-state index contributed by atoms with van der Waals surface area (Å²) in [7, 11) is 0. The lowest BCUT2D eigenvalue weighted by Crippen LogP contribution is -2.18. The van der Waals surface area contributed by atoms with Gasteiger partial charge in [0.05, 0.1) is 0 Å². The first-order valence-electron chi connectivity index (χ1n) is 7.31. The summed E-state index contributed by atoms with van der Waals surface area (Å²) in [5.74, 6) is 0.841. The van der Waals surface area contributed by atoms with E-state index in [1.165, 1.54) is 56.2 Å². The third kappa shape index (κ3) is 4.38. The standard InChI is InChI=1S/C16H24BrN/c1-13-9-10-15(18-12-13)11-16(17)14-7-5-3-2-4-6-8-14/h9-10,12,14,16H,2-8,11H2,1H3. The molecule has 1 nitrogen and oxygen atoms in total. The highest BCUT2D eigenvalue weighted by molar-refractivity contribution is 9.09. The third-order valence-corrected chi connectivity index (χ3v) is 5.11. The van der Waals surface area contributed by atoms with Crippen LogP contribution in [0.1, 0.15) is 56.2 Å². The average Bonchev–Trinajstić information content (AvgIpc) is 2.31. The smallest absolute Gasteiger partial charge is 0.0415 e. The topological polar surface area (TPSA) is 12.9 Å². The molecule has 100 valence electrons. The third-order valence-electron chi connectivity index (χ3n) is 4.04. The van der Waals surface area contributed by atoms with Crippen LogP contribution in [0.25, 0.3) is 0 Å². The van der Waals surface area contributed by atoms with E-state index in [9.17, 15) is 0 Å². The summed E-state index contributed by atoms with van der Waals surface area (Å²) in [4.78, 5) is 5.13. The highest BCUT2D eigenvalue weighted by Crippen LogP contribution is 2.30. The van der Waals surface area contributed by atoms with Gasteiger partial charge in [-0.25, -0.2) is 0 Å². The van der Waals surface area contributed by atoms with Crippen LogP contribution in [-0.4, -0.2) is 9.81 Å². The van der Waals surface area contributed by atoms with Crippen molar-refractivity contribution in [2.24, 2.45) is 5.92 Å². The van der Waals surface area contributed by atoms with Crippen molar-refractivity contribution in [1.82, 2.24) is 4.98 Å². The molecule has 18 heavy (non-hydrogen) atoms. The molecule has 1 aliphatic rings. The molecule has 1 aromatic heterocycles. The second-order valence-electron chi connectivity index (χ2n) is 5.65. The van der Waals surface area contributed by atoms with Crippen molar-refractivity contribution in [1.29, 1.82) is 0 Å². The Hall–Kier alpha value is -0.370. The normalized spacial score (nSPS) is 20.1. The Morgan fingerprint density at radius 3 is 2.44 bits per heavy atom. The molecule has 1 saturated carbocycles. The van der Waals surface area contributed by atoms with E-state index < -0.39 is 0 Å². The van der Waals surface area contributed by atoms with Gasteiger partial charge in [-0.3, -0.25) is 4.98 Å². The van der Waals surface area contributed by atoms with E-state index in [1.807, 2.05) is 6.20 Å². The fourth-order valence-corrected chi connectivity index (χ4v) is 3.70. The second kappa shape index (κ2) is 7.28. The Morgan fingerprint density at radius 1 is 1.17 bits per heavy atom. The SMILES string of the molecule is Cc1ccc(CC(Br)C2CCCCCCC2)nc1. The summed E-state index contributed by atoms with van der Waals surface area (Å²) in [6.45, 7) is 2.09. The van der Waals surface area contributed by atoms with Crippen LogP contribution in [0.4, 0.5) is 0 Å². The number of nitrogens with zero attached hydrogens (tertiary/aromatic N) is 1. The molecule has 1 aromatic rings. The summed E-state index contributed by atoms with van der Waals surface area (Å²) in [5, 5.41) is 0. The minimum Gasteiger partial charge on any atom is -0.261 e. The van der Waals surface area contributed by atoms with Gasteiger partial charge in [-0.2, -0.15) is 0 Å². The first kappa shape index (κ1) is 14.0. The molecule has 0 bridgehead atoms. The van der Waals surface area contributed by atoms with Crippen LogP contribution in [-0.2, 0) is 6.42 Å². The molecule has 1 heterocycles. The summed E-state index contributed by atoms with van der Waals surface area (Å²) in [6.07, 6.45) is 13.0. The van der Waals surface area contributed by atoms with Gasteiger partial charge in [0.15, 0.2) is 0 Å². The zero-order valence-corrected chi connectivity index (χ0v) is 13.0. The number of alkyl halides is 1. The van der Waals surface area contributed by atoms with Crippen molar-refractivity contribution in [3.8, 4) is 0 Å². The van der Waals surface area contributed by atoms with Crippen LogP contribution in [0.2, 0.25) is 0 Å². The number of pyridine rings is 1. The molecule has 0 radical (unpaired) electrons. The molecule has 0 spiro atoms. The van der Waals surface area contributed by atoms with Crippen LogP contribution < -0.4 is 0 Å². The monoisotopic (exact) mass is 309 g/mol. The van der Waals surface area contributed by atoms with E-state index in [2.05, 4.69) is 40.0 Å². The molecular weight excluding hydrogens is 286 g/mol. The van der Waals surface area contributed by atoms with Gasteiger partial charge in [-0.05, 0) is 37.3 Å². The Kier molecular flexibility index (Phi) is 5.68. The van der Waals surface area contributed by atoms with E-state index in [-0.39, 0.29) is 0 Å². The molecule has 1 aliphatic carbocycles. The molecule has 2 heteroatoms. The largest absolute Gasteiger partial charge is 0.261 e. The Morgan fingerprint density at radius 2 is 1.83 bits per heavy atom. The van der Waals surface area contributed by atoms with E-state index in [1.54, 1.807) is 0 Å². The quantitative estimate of drug-likeness (QED) is 0.711. The Balaban J connectivity index is 1.89. The molecule has 1 fully saturated rings. The van der Waals surface area contributed by atoms with Gasteiger partial charge in [0.25, 0.3) is 0 Å². The minimum atomic E-state index is 0.603. The summed E-state index contributed by atoms with van der Waals surface area (Å²) < 4.78 is 0. The molecule has 1 atom stereocenters. The van der Waals surface area contributed by atoms with E-state index in [0.29, 0.717) is 4.83 Å². The number of aryl methyl sites for hydroxylation is 1. The van der Waals surface area contributed by atoms with Crippen molar-refractivity contribution in [3.05, 3.63) is 29.6 Å². The lowest BCUT2D eigenvalue weighted by atomic mass is 9.87. The maximum Gasteiger partial charge on any atom is 0.0415 e. The highest BCUT2D eigenvalue weighted by Gasteiger charge is 2.20. The number of hydrogen-bond donors (Lipinski definition) is 0. The van der Waals surface area contributed by atoms with Gasteiger partial charge < -0.3 is 0 Å². The van der Waals surface area contributed by atoms with Crippen molar-refractivity contribution in [2.45, 2.75) is 63.1 Å². The molecule has 2 rings (SSSR count). The van der Waals surface area contributed by atoms with Crippen molar-refractivity contribution in [3.63, 3.8) is 0 Å². The van der Waals surface area contributed by atoms with E-state index >= 15 is 0 Å². The highest BCUT2D eigenvalue weighted by atomic mass is 79.9. The van der Waals surface area contributed by atoms with Crippen LogP contribution in [0, 0.1) is 12.8 Å². The Labute approximate surface area is 120 Å². The van der Waals surface area contributed by atoms with E-state index in [0.717, 1.165) is 12.3 Å². The van der Waals surface area contributed by atoms with Gasteiger partial charge >= 0.3 is 0 Å². The van der Waals surface area contributed by atoms with E-state index in [4.69, 9.17) is 0 Å². The first-order chi connectivity index (χ1) is 8.75. The van der Waals surface area contributed by atoms with Crippen molar-refractivity contribution in [2.75, 3.05) is 0 Å². The van der Waals surface area contributed by atoms with Gasteiger partial charge in [0, 0.05) is 23.1 Å². The van der Waals surface area contributed by atoms with Gasteiger partial charge in [0.1, 0.15) is 0 Å². The molecule has 0 aromatic carbocycles. The summed E-state index contributed by atoms with van der Waals surface area (Å²) in [6, 6.07) is 4.34. The predicted molar refractivity (Wildman–Crippen MR) is 81.2 cm³/mol. The minimum absolute atomic E-state index is 0.603. The van der Waals surface area contributed by atoms with Gasteiger partial charge in [-0.1, -0.05) is 54.1 Å². The lowest BCUT2D eigenvalue weighted by molar-refractivity contribution is 0.369. The lowest BCUT2D eigenvalue weighted by Gasteiger charge is -2.24. The zero-order chi connectivity index (χ0) is 12.8. The van der Waals surface area contributed by atoms with Crippen molar-refractivity contribution >= 4 is 15.9 Å². The zero-order valence-electron chi connectivity index (χ0n) is 11.4. The fourth-order valence-electron chi connectivity index (χ4n) is 2.84. The molecule has 0 amide bonds. The Bertz CT molecular complexity index is 339. The number of aromatic nitrogens is 1. The maximum absolute atomic E-state index is 4.53. The average molecular weight is 310 g/mol. The van der Waals surface area contributed by atoms with Gasteiger partial charge in [0.2, 0.25) is 0 Å². The van der Waals surface area contributed by atoms with Crippen LogP contribution in [0.5, 0.6) is 0 Å². The predicted octanol–water partition coefficient (Wildman–Crippen LogP) is 5.06. The van der Waals surface area contributed by atoms with Crippen LogP contribution in [0.3, 0.4) is 0 Å². The maximum atomic E-state index is 4.53. The summed E-state index contributed by atoms with van der Waals surface area (Å²) >= 11 is 3.91. The number of rotatable bonds is 3.